The zero-order chi connectivity index (χ0) is 11.5. The van der Waals surface area contributed by atoms with Crippen molar-refractivity contribution in [2.24, 2.45) is 0 Å². The summed E-state index contributed by atoms with van der Waals surface area (Å²) in [5.41, 5.74) is 1.53. The summed E-state index contributed by atoms with van der Waals surface area (Å²) >= 11 is 1.48. The number of nitrogens with zero attached hydrogens (tertiary/aromatic N) is 2. The van der Waals surface area contributed by atoms with Crippen molar-refractivity contribution in [2.45, 2.75) is 13.3 Å². The van der Waals surface area contributed by atoms with Gasteiger partial charge in [-0.2, -0.15) is 5.26 Å². The molecule has 2 rings (SSSR count). The molecule has 1 aromatic carbocycles. The van der Waals surface area contributed by atoms with Gasteiger partial charge >= 0.3 is 0 Å². The van der Waals surface area contributed by atoms with Gasteiger partial charge in [0.25, 0.3) is 0 Å². The molecule has 0 aliphatic carbocycles. The molecule has 0 radical (unpaired) electrons. The SMILES string of the molecule is Cc1sc(CC#N)nc1-c1cccc(F)c1. The molecule has 2 aromatic rings. The number of hydrogen-bond acceptors (Lipinski definition) is 3. The van der Waals surface area contributed by atoms with Crippen molar-refractivity contribution in [1.82, 2.24) is 4.98 Å². The van der Waals surface area contributed by atoms with E-state index < -0.39 is 0 Å². The van der Waals surface area contributed by atoms with Crippen molar-refractivity contribution in [2.75, 3.05) is 0 Å². The van der Waals surface area contributed by atoms with Gasteiger partial charge in [-0.05, 0) is 19.1 Å². The molecule has 0 saturated carbocycles. The van der Waals surface area contributed by atoms with Crippen LogP contribution in [0.2, 0.25) is 0 Å². The summed E-state index contributed by atoms with van der Waals surface area (Å²) in [6.45, 7) is 1.93. The van der Waals surface area contributed by atoms with E-state index in [0.29, 0.717) is 6.42 Å². The second kappa shape index (κ2) is 4.42. The molecule has 0 amide bonds. The first kappa shape index (κ1) is 10.8. The van der Waals surface area contributed by atoms with E-state index in [1.165, 1.54) is 23.5 Å². The first-order valence-electron chi connectivity index (χ1n) is 4.80. The Kier molecular flexibility index (Phi) is 2.97. The first-order valence-corrected chi connectivity index (χ1v) is 5.61. The summed E-state index contributed by atoms with van der Waals surface area (Å²) in [5.74, 6) is -0.272. The van der Waals surface area contributed by atoms with Crippen LogP contribution in [0.3, 0.4) is 0 Å². The normalized spacial score (nSPS) is 10.1. The molecule has 0 aliphatic rings. The molecule has 0 saturated heterocycles. The molecule has 0 bridgehead atoms. The van der Waals surface area contributed by atoms with Crippen LogP contribution in [0.5, 0.6) is 0 Å². The van der Waals surface area contributed by atoms with Crippen molar-refractivity contribution in [3.8, 4) is 17.3 Å². The minimum atomic E-state index is -0.272. The van der Waals surface area contributed by atoms with Gasteiger partial charge in [-0.1, -0.05) is 12.1 Å². The summed E-state index contributed by atoms with van der Waals surface area (Å²) in [5, 5.41) is 9.37. The zero-order valence-corrected chi connectivity index (χ0v) is 9.51. The number of benzene rings is 1. The highest BCUT2D eigenvalue weighted by Gasteiger charge is 2.09. The Bertz CT molecular complexity index is 554. The number of thiazole rings is 1. The third-order valence-electron chi connectivity index (χ3n) is 2.17. The molecular weight excluding hydrogens is 223 g/mol. The Hall–Kier alpha value is -1.73. The third-order valence-corrected chi connectivity index (χ3v) is 3.14. The Morgan fingerprint density at radius 2 is 2.31 bits per heavy atom. The molecule has 80 valence electrons. The smallest absolute Gasteiger partial charge is 0.123 e. The van der Waals surface area contributed by atoms with Crippen LogP contribution in [0.25, 0.3) is 11.3 Å². The van der Waals surface area contributed by atoms with E-state index in [4.69, 9.17) is 5.26 Å². The van der Waals surface area contributed by atoms with Gasteiger partial charge in [0.1, 0.15) is 10.8 Å². The van der Waals surface area contributed by atoms with E-state index in [1.54, 1.807) is 6.07 Å². The largest absolute Gasteiger partial charge is 0.240 e. The van der Waals surface area contributed by atoms with Crippen LogP contribution in [0.1, 0.15) is 9.88 Å². The lowest BCUT2D eigenvalue weighted by molar-refractivity contribution is 0.628. The average molecular weight is 232 g/mol. The fraction of sp³-hybridized carbons (Fsp3) is 0.167. The molecule has 16 heavy (non-hydrogen) atoms. The van der Waals surface area contributed by atoms with E-state index >= 15 is 0 Å². The highest BCUT2D eigenvalue weighted by molar-refractivity contribution is 7.12. The lowest BCUT2D eigenvalue weighted by Crippen LogP contribution is -1.84. The second-order valence-electron chi connectivity index (χ2n) is 3.36. The maximum absolute atomic E-state index is 13.1. The number of halogens is 1. The Morgan fingerprint density at radius 3 is 3.00 bits per heavy atom. The fourth-order valence-electron chi connectivity index (χ4n) is 1.50. The number of rotatable bonds is 2. The lowest BCUT2D eigenvalue weighted by Gasteiger charge is -1.97. The summed E-state index contributed by atoms with van der Waals surface area (Å²) < 4.78 is 13.1. The van der Waals surface area contributed by atoms with Gasteiger partial charge in [-0.15, -0.1) is 11.3 Å². The summed E-state index contributed by atoms with van der Waals surface area (Å²) in [7, 11) is 0. The molecule has 0 fully saturated rings. The Morgan fingerprint density at radius 1 is 1.50 bits per heavy atom. The van der Waals surface area contributed by atoms with Crippen molar-refractivity contribution in [3.05, 3.63) is 40.0 Å². The van der Waals surface area contributed by atoms with E-state index in [-0.39, 0.29) is 5.82 Å². The molecule has 0 N–H and O–H groups in total. The van der Waals surface area contributed by atoms with Gasteiger partial charge in [0.2, 0.25) is 0 Å². The molecule has 2 nitrogen and oxygen atoms in total. The quantitative estimate of drug-likeness (QED) is 0.796. The van der Waals surface area contributed by atoms with Crippen LogP contribution in [0, 0.1) is 24.1 Å². The molecule has 1 heterocycles. The molecule has 0 unspecified atom stereocenters. The zero-order valence-electron chi connectivity index (χ0n) is 8.70. The van der Waals surface area contributed by atoms with Crippen molar-refractivity contribution < 1.29 is 4.39 Å². The number of nitriles is 1. The molecule has 0 atom stereocenters. The van der Waals surface area contributed by atoms with Crippen LogP contribution in [0.4, 0.5) is 4.39 Å². The predicted octanol–water partition coefficient (Wildman–Crippen LogP) is 3.32. The van der Waals surface area contributed by atoms with Crippen LogP contribution < -0.4 is 0 Å². The Labute approximate surface area is 97.0 Å². The van der Waals surface area contributed by atoms with Crippen molar-refractivity contribution in [3.63, 3.8) is 0 Å². The maximum atomic E-state index is 13.1. The van der Waals surface area contributed by atoms with Gasteiger partial charge in [-0.3, -0.25) is 0 Å². The van der Waals surface area contributed by atoms with Gasteiger partial charge in [0, 0.05) is 10.4 Å². The minimum absolute atomic E-state index is 0.272. The lowest BCUT2D eigenvalue weighted by atomic mass is 10.1. The standard InChI is InChI=1S/C12H9FN2S/c1-8-12(15-11(16-8)5-6-14)9-3-2-4-10(13)7-9/h2-4,7H,5H2,1H3. The second-order valence-corrected chi connectivity index (χ2v) is 4.65. The molecule has 1 aromatic heterocycles. The predicted molar refractivity (Wildman–Crippen MR) is 61.6 cm³/mol. The minimum Gasteiger partial charge on any atom is -0.240 e. The van der Waals surface area contributed by atoms with Gasteiger partial charge in [-0.25, -0.2) is 9.37 Å². The number of aryl methyl sites for hydroxylation is 1. The average Bonchev–Trinajstić information content (AvgIpc) is 2.60. The molecule has 4 heteroatoms. The van der Waals surface area contributed by atoms with Crippen molar-refractivity contribution in [1.29, 1.82) is 5.26 Å². The Balaban J connectivity index is 2.44. The fourth-order valence-corrected chi connectivity index (χ4v) is 2.39. The van der Waals surface area contributed by atoms with Crippen LogP contribution in [-0.2, 0) is 6.42 Å². The molecule has 0 spiro atoms. The van der Waals surface area contributed by atoms with Crippen LogP contribution in [0.15, 0.2) is 24.3 Å². The van der Waals surface area contributed by atoms with Gasteiger partial charge in [0.05, 0.1) is 18.2 Å². The van der Waals surface area contributed by atoms with Crippen LogP contribution >= 0.6 is 11.3 Å². The highest BCUT2D eigenvalue weighted by Crippen LogP contribution is 2.27. The van der Waals surface area contributed by atoms with E-state index in [2.05, 4.69) is 11.1 Å². The molecule has 0 aliphatic heterocycles. The van der Waals surface area contributed by atoms with Gasteiger partial charge in [0.15, 0.2) is 0 Å². The number of aromatic nitrogens is 1. The summed E-state index contributed by atoms with van der Waals surface area (Å²) in [4.78, 5) is 5.35. The first-order chi connectivity index (χ1) is 7.70. The van der Waals surface area contributed by atoms with E-state index in [1.807, 2.05) is 13.0 Å². The number of hydrogen-bond donors (Lipinski definition) is 0. The van der Waals surface area contributed by atoms with E-state index in [9.17, 15) is 4.39 Å². The van der Waals surface area contributed by atoms with E-state index in [0.717, 1.165) is 21.1 Å². The molecular formula is C12H9FN2S. The monoisotopic (exact) mass is 232 g/mol. The topological polar surface area (TPSA) is 36.7 Å². The summed E-state index contributed by atoms with van der Waals surface area (Å²) in [6.07, 6.45) is 0.306. The third kappa shape index (κ3) is 2.10. The maximum Gasteiger partial charge on any atom is 0.123 e. The summed E-state index contributed by atoms with van der Waals surface area (Å²) in [6, 6.07) is 8.40. The highest BCUT2D eigenvalue weighted by atomic mass is 32.1. The van der Waals surface area contributed by atoms with Crippen LogP contribution in [-0.4, -0.2) is 4.98 Å². The van der Waals surface area contributed by atoms with Gasteiger partial charge < -0.3 is 0 Å². The van der Waals surface area contributed by atoms with Crippen molar-refractivity contribution >= 4 is 11.3 Å².